The van der Waals surface area contributed by atoms with E-state index >= 15 is 0 Å². The van der Waals surface area contributed by atoms with E-state index in [2.05, 4.69) is 0 Å². The van der Waals surface area contributed by atoms with Crippen molar-refractivity contribution >= 4 is 0 Å². The molecule has 0 spiro atoms. The van der Waals surface area contributed by atoms with Gasteiger partial charge in [0.25, 0.3) is 0 Å². The van der Waals surface area contributed by atoms with Crippen LogP contribution < -0.4 is 4.74 Å². The fraction of sp³-hybridized carbons (Fsp3) is 0.538. The highest BCUT2D eigenvalue weighted by Crippen LogP contribution is 2.30. The summed E-state index contributed by atoms with van der Waals surface area (Å²) < 4.78 is 53.0. The van der Waals surface area contributed by atoms with Gasteiger partial charge in [0.1, 0.15) is 5.75 Å². The van der Waals surface area contributed by atoms with Gasteiger partial charge in [-0.15, -0.1) is 0 Å². The van der Waals surface area contributed by atoms with Crippen LogP contribution in [-0.2, 0) is 15.7 Å². The second-order valence-electron chi connectivity index (χ2n) is 4.18. The van der Waals surface area contributed by atoms with Gasteiger partial charge in [-0.2, -0.15) is 13.2 Å². The maximum absolute atomic E-state index is 12.3. The molecule has 1 fully saturated rings. The first kappa shape index (κ1) is 14.1. The van der Waals surface area contributed by atoms with Gasteiger partial charge in [0, 0.05) is 6.42 Å². The Bertz CT molecular complexity index is 383. The van der Waals surface area contributed by atoms with Crippen LogP contribution >= 0.6 is 0 Å². The molecule has 0 radical (unpaired) electrons. The van der Waals surface area contributed by atoms with Crippen molar-refractivity contribution in [3.8, 4) is 5.75 Å². The molecular formula is C13H15F3O3. The van der Waals surface area contributed by atoms with Crippen LogP contribution in [0.25, 0.3) is 0 Å². The lowest BCUT2D eigenvalue weighted by Crippen LogP contribution is -2.26. The average molecular weight is 276 g/mol. The van der Waals surface area contributed by atoms with E-state index in [9.17, 15) is 13.2 Å². The largest absolute Gasteiger partial charge is 0.493 e. The first-order chi connectivity index (χ1) is 9.05. The van der Waals surface area contributed by atoms with Crippen LogP contribution in [0, 0.1) is 0 Å². The summed E-state index contributed by atoms with van der Waals surface area (Å²) in [6, 6.07) is 4.63. The number of ether oxygens (including phenoxy) is 3. The summed E-state index contributed by atoms with van der Waals surface area (Å²) in [5, 5.41) is 0. The SMILES string of the molecule is FC(F)(F)c1ccc(OCCC2OCCCO2)cc1. The van der Waals surface area contributed by atoms with Crippen LogP contribution in [0.15, 0.2) is 24.3 Å². The predicted octanol–water partition coefficient (Wildman–Crippen LogP) is 3.24. The molecule has 0 aromatic heterocycles. The van der Waals surface area contributed by atoms with Crippen molar-refractivity contribution in [2.75, 3.05) is 19.8 Å². The van der Waals surface area contributed by atoms with E-state index in [0.29, 0.717) is 32.0 Å². The third-order valence-corrected chi connectivity index (χ3v) is 2.70. The Morgan fingerprint density at radius 3 is 2.32 bits per heavy atom. The van der Waals surface area contributed by atoms with Crippen LogP contribution in [-0.4, -0.2) is 26.1 Å². The lowest BCUT2D eigenvalue weighted by atomic mass is 10.2. The van der Waals surface area contributed by atoms with E-state index in [-0.39, 0.29) is 6.29 Å². The zero-order chi connectivity index (χ0) is 13.7. The van der Waals surface area contributed by atoms with Crippen molar-refractivity contribution in [2.24, 2.45) is 0 Å². The van der Waals surface area contributed by atoms with Crippen LogP contribution in [0.5, 0.6) is 5.75 Å². The van der Waals surface area contributed by atoms with Crippen molar-refractivity contribution in [2.45, 2.75) is 25.3 Å². The van der Waals surface area contributed by atoms with E-state index in [4.69, 9.17) is 14.2 Å². The van der Waals surface area contributed by atoms with Gasteiger partial charge in [0.05, 0.1) is 25.4 Å². The summed E-state index contributed by atoms with van der Waals surface area (Å²) in [4.78, 5) is 0. The summed E-state index contributed by atoms with van der Waals surface area (Å²) in [5.74, 6) is 0.406. The molecule has 0 N–H and O–H groups in total. The zero-order valence-electron chi connectivity index (χ0n) is 10.3. The monoisotopic (exact) mass is 276 g/mol. The van der Waals surface area contributed by atoms with Gasteiger partial charge >= 0.3 is 6.18 Å². The van der Waals surface area contributed by atoms with Gasteiger partial charge < -0.3 is 14.2 Å². The Hall–Kier alpha value is -1.27. The van der Waals surface area contributed by atoms with E-state index in [0.717, 1.165) is 18.6 Å². The second kappa shape index (κ2) is 6.25. The van der Waals surface area contributed by atoms with Gasteiger partial charge in [-0.25, -0.2) is 0 Å². The number of halogens is 3. The topological polar surface area (TPSA) is 27.7 Å². The molecule has 6 heteroatoms. The molecule has 3 nitrogen and oxygen atoms in total. The maximum atomic E-state index is 12.3. The molecule has 1 saturated heterocycles. The van der Waals surface area contributed by atoms with Crippen LogP contribution in [0.3, 0.4) is 0 Å². The van der Waals surface area contributed by atoms with Gasteiger partial charge in [0.15, 0.2) is 6.29 Å². The van der Waals surface area contributed by atoms with Crippen LogP contribution in [0.4, 0.5) is 13.2 Å². The molecular weight excluding hydrogens is 261 g/mol. The van der Waals surface area contributed by atoms with Gasteiger partial charge in [-0.3, -0.25) is 0 Å². The molecule has 0 unspecified atom stereocenters. The first-order valence-electron chi connectivity index (χ1n) is 6.09. The molecule has 0 bridgehead atoms. The first-order valence-corrected chi connectivity index (χ1v) is 6.09. The van der Waals surface area contributed by atoms with Crippen molar-refractivity contribution in [3.05, 3.63) is 29.8 Å². The minimum absolute atomic E-state index is 0.275. The molecule has 19 heavy (non-hydrogen) atoms. The normalized spacial score (nSPS) is 17.4. The van der Waals surface area contributed by atoms with Crippen molar-refractivity contribution in [1.29, 1.82) is 0 Å². The molecule has 106 valence electrons. The Balaban J connectivity index is 1.76. The fourth-order valence-electron chi connectivity index (χ4n) is 1.72. The second-order valence-corrected chi connectivity index (χ2v) is 4.18. The van der Waals surface area contributed by atoms with Crippen LogP contribution in [0.1, 0.15) is 18.4 Å². The minimum atomic E-state index is -4.32. The molecule has 2 rings (SSSR count). The number of hydrogen-bond donors (Lipinski definition) is 0. The third-order valence-electron chi connectivity index (χ3n) is 2.70. The number of benzene rings is 1. The smallest absolute Gasteiger partial charge is 0.416 e. The third kappa shape index (κ3) is 4.40. The Kier molecular flexibility index (Phi) is 4.66. The molecule has 0 aliphatic carbocycles. The highest BCUT2D eigenvalue weighted by Gasteiger charge is 2.30. The van der Waals surface area contributed by atoms with Gasteiger partial charge in [0.2, 0.25) is 0 Å². The Morgan fingerprint density at radius 2 is 1.74 bits per heavy atom. The maximum Gasteiger partial charge on any atom is 0.416 e. The average Bonchev–Trinajstić information content (AvgIpc) is 2.39. The van der Waals surface area contributed by atoms with E-state index < -0.39 is 11.7 Å². The van der Waals surface area contributed by atoms with Gasteiger partial charge in [-0.1, -0.05) is 0 Å². The Morgan fingerprint density at radius 1 is 1.11 bits per heavy atom. The minimum Gasteiger partial charge on any atom is -0.493 e. The van der Waals surface area contributed by atoms with Gasteiger partial charge in [-0.05, 0) is 30.7 Å². The van der Waals surface area contributed by atoms with Crippen molar-refractivity contribution in [1.82, 2.24) is 0 Å². The summed E-state index contributed by atoms with van der Waals surface area (Å²) >= 11 is 0. The molecule has 1 aliphatic rings. The molecule has 1 aromatic carbocycles. The quantitative estimate of drug-likeness (QED) is 0.845. The van der Waals surface area contributed by atoms with Crippen molar-refractivity contribution < 1.29 is 27.4 Å². The number of hydrogen-bond acceptors (Lipinski definition) is 3. The van der Waals surface area contributed by atoms with E-state index in [1.54, 1.807) is 0 Å². The lowest BCUT2D eigenvalue weighted by Gasteiger charge is -2.23. The molecule has 0 amide bonds. The lowest BCUT2D eigenvalue weighted by molar-refractivity contribution is -0.183. The number of rotatable bonds is 4. The predicted molar refractivity (Wildman–Crippen MR) is 61.9 cm³/mol. The molecule has 1 aliphatic heterocycles. The van der Waals surface area contributed by atoms with Crippen LogP contribution in [0.2, 0.25) is 0 Å². The molecule has 1 aromatic rings. The summed E-state index contributed by atoms with van der Waals surface area (Å²) in [6.07, 6.45) is -3.15. The highest BCUT2D eigenvalue weighted by atomic mass is 19.4. The Labute approximate surface area is 109 Å². The molecule has 0 atom stereocenters. The summed E-state index contributed by atoms with van der Waals surface area (Å²) in [7, 11) is 0. The molecule has 1 heterocycles. The standard InChI is InChI=1S/C13H15F3O3/c14-13(15,16)10-2-4-11(5-3-10)17-9-6-12-18-7-1-8-19-12/h2-5,12H,1,6-9H2. The molecule has 0 saturated carbocycles. The van der Waals surface area contributed by atoms with E-state index in [1.807, 2.05) is 0 Å². The summed E-state index contributed by atoms with van der Waals surface area (Å²) in [6.45, 7) is 1.69. The highest BCUT2D eigenvalue weighted by molar-refractivity contribution is 5.28. The number of alkyl halides is 3. The van der Waals surface area contributed by atoms with Crippen molar-refractivity contribution in [3.63, 3.8) is 0 Å². The zero-order valence-corrected chi connectivity index (χ0v) is 10.3. The fourth-order valence-corrected chi connectivity index (χ4v) is 1.72. The van der Waals surface area contributed by atoms with E-state index in [1.165, 1.54) is 12.1 Å². The summed E-state index contributed by atoms with van der Waals surface area (Å²) in [5.41, 5.74) is -0.682.